The summed E-state index contributed by atoms with van der Waals surface area (Å²) in [5.41, 5.74) is 1.21. The first-order valence-corrected chi connectivity index (χ1v) is 7.93. The molecule has 0 saturated carbocycles. The zero-order chi connectivity index (χ0) is 17.1. The van der Waals surface area contributed by atoms with Crippen LogP contribution in [0.25, 0.3) is 0 Å². The van der Waals surface area contributed by atoms with Gasteiger partial charge in [0.15, 0.2) is 0 Å². The number of carbonyl (C=O) groups is 1. The van der Waals surface area contributed by atoms with Crippen molar-refractivity contribution in [2.75, 3.05) is 31.1 Å². The average Bonchev–Trinajstić information content (AvgIpc) is 2.54. The number of anilines is 1. The Bertz CT molecular complexity index is 819. The molecule has 24 heavy (non-hydrogen) atoms. The van der Waals surface area contributed by atoms with E-state index in [2.05, 4.69) is 9.97 Å². The van der Waals surface area contributed by atoms with Crippen LogP contribution < -0.4 is 16.1 Å². The Hall–Kier alpha value is -2.83. The molecule has 0 atom stereocenters. The molecule has 2 N–H and O–H groups in total. The Morgan fingerprint density at radius 2 is 1.83 bits per heavy atom. The standard InChI is InChI=1S/C17H20N4O3/c1-12-3-2-4-13(9-12)10-16(23)21-7-5-20(6-8-21)14-11-15(22)19-17(24)18-14/h2-4,9,11H,5-8,10H2,1H3,(H2,18,19,22,24). The average molecular weight is 328 g/mol. The number of nitrogens with zero attached hydrogens (tertiary/aromatic N) is 2. The molecule has 1 saturated heterocycles. The summed E-state index contributed by atoms with van der Waals surface area (Å²) in [6, 6.07) is 9.32. The van der Waals surface area contributed by atoms with Crippen molar-refractivity contribution in [3.63, 3.8) is 0 Å². The molecule has 0 aliphatic carbocycles. The SMILES string of the molecule is Cc1cccc(CC(=O)N2CCN(c3cc(=O)[nH]c(=O)[nH]3)CC2)c1. The van der Waals surface area contributed by atoms with Gasteiger partial charge in [0, 0.05) is 32.2 Å². The van der Waals surface area contributed by atoms with E-state index in [0.29, 0.717) is 38.4 Å². The minimum atomic E-state index is -0.518. The Kier molecular flexibility index (Phi) is 4.50. The van der Waals surface area contributed by atoms with Crippen LogP contribution in [0, 0.1) is 6.92 Å². The maximum atomic E-state index is 12.4. The number of benzene rings is 1. The van der Waals surface area contributed by atoms with Gasteiger partial charge in [-0.1, -0.05) is 29.8 Å². The van der Waals surface area contributed by atoms with Gasteiger partial charge in [0.25, 0.3) is 5.56 Å². The van der Waals surface area contributed by atoms with Crippen molar-refractivity contribution >= 4 is 11.7 Å². The molecule has 1 aliphatic heterocycles. The van der Waals surface area contributed by atoms with Gasteiger partial charge in [0.1, 0.15) is 5.82 Å². The number of amides is 1. The summed E-state index contributed by atoms with van der Waals surface area (Å²) in [5, 5.41) is 0. The first kappa shape index (κ1) is 16.0. The summed E-state index contributed by atoms with van der Waals surface area (Å²) in [4.78, 5) is 43.7. The normalized spacial score (nSPS) is 14.7. The number of carbonyl (C=O) groups excluding carboxylic acids is 1. The van der Waals surface area contributed by atoms with E-state index in [9.17, 15) is 14.4 Å². The van der Waals surface area contributed by atoms with E-state index in [1.165, 1.54) is 6.07 Å². The monoisotopic (exact) mass is 328 g/mol. The van der Waals surface area contributed by atoms with E-state index >= 15 is 0 Å². The molecule has 0 bridgehead atoms. The van der Waals surface area contributed by atoms with Crippen molar-refractivity contribution in [3.05, 3.63) is 62.3 Å². The molecule has 1 aromatic carbocycles. The van der Waals surface area contributed by atoms with Crippen LogP contribution in [0.15, 0.2) is 39.9 Å². The maximum Gasteiger partial charge on any atom is 0.327 e. The predicted octanol–water partition coefficient (Wildman–Crippen LogP) is 0.263. The van der Waals surface area contributed by atoms with Gasteiger partial charge in [-0.05, 0) is 12.5 Å². The number of piperazine rings is 1. The number of aromatic nitrogens is 2. The fourth-order valence-corrected chi connectivity index (χ4v) is 2.93. The van der Waals surface area contributed by atoms with E-state index in [1.54, 1.807) is 0 Å². The van der Waals surface area contributed by atoms with Crippen molar-refractivity contribution in [1.82, 2.24) is 14.9 Å². The molecule has 1 amide bonds. The van der Waals surface area contributed by atoms with Crippen LogP contribution in [0.3, 0.4) is 0 Å². The second-order valence-electron chi connectivity index (χ2n) is 6.01. The van der Waals surface area contributed by atoms with Gasteiger partial charge >= 0.3 is 5.69 Å². The molecule has 2 aromatic rings. The Balaban J connectivity index is 1.61. The molecular formula is C17H20N4O3. The van der Waals surface area contributed by atoms with Crippen molar-refractivity contribution in [1.29, 1.82) is 0 Å². The highest BCUT2D eigenvalue weighted by molar-refractivity contribution is 5.79. The molecule has 3 rings (SSSR count). The fourth-order valence-electron chi connectivity index (χ4n) is 2.93. The lowest BCUT2D eigenvalue weighted by Gasteiger charge is -2.35. The Labute approximate surface area is 138 Å². The van der Waals surface area contributed by atoms with Crippen LogP contribution in [0.5, 0.6) is 0 Å². The van der Waals surface area contributed by atoms with Crippen LogP contribution in [0.2, 0.25) is 0 Å². The van der Waals surface area contributed by atoms with Gasteiger partial charge in [0.2, 0.25) is 5.91 Å². The second-order valence-corrected chi connectivity index (χ2v) is 6.01. The molecule has 1 fully saturated rings. The van der Waals surface area contributed by atoms with Crippen molar-refractivity contribution in [2.45, 2.75) is 13.3 Å². The van der Waals surface area contributed by atoms with Crippen molar-refractivity contribution in [3.8, 4) is 0 Å². The third-order valence-corrected chi connectivity index (χ3v) is 4.16. The summed E-state index contributed by atoms with van der Waals surface area (Å²) in [6.45, 7) is 4.31. The van der Waals surface area contributed by atoms with E-state index < -0.39 is 11.2 Å². The van der Waals surface area contributed by atoms with Crippen LogP contribution >= 0.6 is 0 Å². The number of nitrogens with one attached hydrogen (secondary N) is 2. The molecule has 1 aromatic heterocycles. The van der Waals surface area contributed by atoms with E-state index in [4.69, 9.17) is 0 Å². The second kappa shape index (κ2) is 6.74. The number of H-pyrrole nitrogens is 2. The van der Waals surface area contributed by atoms with Gasteiger partial charge < -0.3 is 9.80 Å². The number of aromatic amines is 2. The molecule has 0 unspecified atom stereocenters. The summed E-state index contributed by atoms with van der Waals surface area (Å²) in [7, 11) is 0. The minimum Gasteiger partial charge on any atom is -0.354 e. The summed E-state index contributed by atoms with van der Waals surface area (Å²) in [6.07, 6.45) is 0.392. The van der Waals surface area contributed by atoms with E-state index in [-0.39, 0.29) is 5.91 Å². The molecule has 7 nitrogen and oxygen atoms in total. The molecular weight excluding hydrogens is 308 g/mol. The van der Waals surface area contributed by atoms with Crippen molar-refractivity contribution in [2.24, 2.45) is 0 Å². The lowest BCUT2D eigenvalue weighted by atomic mass is 10.1. The molecule has 0 radical (unpaired) electrons. The number of aryl methyl sites for hydroxylation is 1. The fraction of sp³-hybridized carbons (Fsp3) is 0.353. The van der Waals surface area contributed by atoms with Gasteiger partial charge in [0.05, 0.1) is 6.42 Å². The van der Waals surface area contributed by atoms with Gasteiger partial charge in [-0.2, -0.15) is 0 Å². The topological polar surface area (TPSA) is 89.3 Å². The number of hydrogen-bond acceptors (Lipinski definition) is 4. The van der Waals surface area contributed by atoms with Crippen LogP contribution in [-0.4, -0.2) is 47.0 Å². The number of hydrogen-bond donors (Lipinski definition) is 2. The highest BCUT2D eigenvalue weighted by Gasteiger charge is 2.22. The van der Waals surface area contributed by atoms with E-state index in [0.717, 1.165) is 11.1 Å². The lowest BCUT2D eigenvalue weighted by Crippen LogP contribution is -2.50. The smallest absolute Gasteiger partial charge is 0.327 e. The summed E-state index contributed by atoms with van der Waals surface area (Å²) >= 11 is 0. The van der Waals surface area contributed by atoms with Crippen molar-refractivity contribution < 1.29 is 4.79 Å². The predicted molar refractivity (Wildman–Crippen MR) is 91.4 cm³/mol. The lowest BCUT2D eigenvalue weighted by molar-refractivity contribution is -0.130. The van der Waals surface area contributed by atoms with Gasteiger partial charge in [-0.25, -0.2) is 4.79 Å². The molecule has 126 valence electrons. The molecule has 7 heteroatoms. The minimum absolute atomic E-state index is 0.0969. The number of rotatable bonds is 3. The van der Waals surface area contributed by atoms with Crippen LogP contribution in [0.4, 0.5) is 5.82 Å². The van der Waals surface area contributed by atoms with Crippen LogP contribution in [-0.2, 0) is 11.2 Å². The zero-order valence-corrected chi connectivity index (χ0v) is 13.5. The highest BCUT2D eigenvalue weighted by atomic mass is 16.2. The van der Waals surface area contributed by atoms with Crippen LogP contribution in [0.1, 0.15) is 11.1 Å². The third-order valence-electron chi connectivity index (χ3n) is 4.16. The zero-order valence-electron chi connectivity index (χ0n) is 13.5. The molecule has 1 aliphatic rings. The summed E-state index contributed by atoms with van der Waals surface area (Å²) < 4.78 is 0. The Morgan fingerprint density at radius 1 is 1.08 bits per heavy atom. The highest BCUT2D eigenvalue weighted by Crippen LogP contribution is 2.12. The summed E-state index contributed by atoms with van der Waals surface area (Å²) in [5.74, 6) is 0.592. The molecule has 0 spiro atoms. The largest absolute Gasteiger partial charge is 0.354 e. The van der Waals surface area contributed by atoms with Gasteiger partial charge in [-0.15, -0.1) is 0 Å². The molecule has 2 heterocycles. The Morgan fingerprint density at radius 3 is 2.50 bits per heavy atom. The third kappa shape index (κ3) is 3.73. The van der Waals surface area contributed by atoms with Gasteiger partial charge in [-0.3, -0.25) is 19.6 Å². The first-order valence-electron chi connectivity index (χ1n) is 7.93. The first-order chi connectivity index (χ1) is 11.5. The van der Waals surface area contributed by atoms with E-state index in [1.807, 2.05) is 41.0 Å². The maximum absolute atomic E-state index is 12.4. The quantitative estimate of drug-likeness (QED) is 0.846.